The van der Waals surface area contributed by atoms with Gasteiger partial charge in [0.15, 0.2) is 5.78 Å². The Morgan fingerprint density at radius 1 is 1.32 bits per heavy atom. The van der Waals surface area contributed by atoms with E-state index >= 15 is 0 Å². The van der Waals surface area contributed by atoms with E-state index in [0.717, 1.165) is 25.4 Å². The first-order valence-corrected chi connectivity index (χ1v) is 6.75. The van der Waals surface area contributed by atoms with Crippen molar-refractivity contribution in [3.8, 4) is 5.75 Å². The first-order valence-electron chi connectivity index (χ1n) is 6.75. The first-order chi connectivity index (χ1) is 9.15. The normalized spacial score (nSPS) is 17.4. The van der Waals surface area contributed by atoms with Gasteiger partial charge in [-0.3, -0.25) is 9.69 Å². The van der Waals surface area contributed by atoms with Crippen molar-refractivity contribution in [2.24, 2.45) is 0 Å². The number of likely N-dealkylation sites (tertiary alicyclic amines) is 1. The molecule has 0 saturated carbocycles. The van der Waals surface area contributed by atoms with Gasteiger partial charge in [0, 0.05) is 25.2 Å². The van der Waals surface area contributed by atoms with Crippen LogP contribution in [0.2, 0.25) is 0 Å². The highest BCUT2D eigenvalue weighted by Gasteiger charge is 2.17. The maximum absolute atomic E-state index is 13.0. The van der Waals surface area contributed by atoms with Gasteiger partial charge >= 0.3 is 0 Å². The Kier molecular flexibility index (Phi) is 4.91. The van der Waals surface area contributed by atoms with Crippen LogP contribution in [0.3, 0.4) is 0 Å². The van der Waals surface area contributed by atoms with E-state index in [1.165, 1.54) is 0 Å². The number of carbonyl (C=O) groups is 1. The molecular weight excluding hydrogens is 245 g/mol. The highest BCUT2D eigenvalue weighted by molar-refractivity contribution is 5.94. The maximum Gasteiger partial charge on any atom is 0.159 e. The van der Waals surface area contributed by atoms with Gasteiger partial charge in [-0.2, -0.15) is 0 Å². The Morgan fingerprint density at radius 2 is 1.95 bits per heavy atom. The number of nitrogens with zero attached hydrogens (tertiary/aromatic N) is 1. The van der Waals surface area contributed by atoms with Crippen molar-refractivity contribution in [2.75, 3.05) is 26.2 Å². The fourth-order valence-corrected chi connectivity index (χ4v) is 2.20. The number of alkyl halides is 1. The standard InChI is InChI=1S/C15H20FNO2/c1-12(18)13-2-4-15(5-3-13)19-11-10-17-8-6-14(16)7-9-17/h2-5,14H,6-11H2,1H3. The molecule has 0 aromatic heterocycles. The molecular formula is C15H20FNO2. The number of hydrogen-bond acceptors (Lipinski definition) is 3. The summed E-state index contributed by atoms with van der Waals surface area (Å²) in [5.41, 5.74) is 0.692. The van der Waals surface area contributed by atoms with Crippen LogP contribution in [-0.4, -0.2) is 43.1 Å². The Labute approximate surface area is 113 Å². The van der Waals surface area contributed by atoms with E-state index < -0.39 is 6.17 Å². The van der Waals surface area contributed by atoms with Crippen LogP contribution >= 0.6 is 0 Å². The summed E-state index contributed by atoms with van der Waals surface area (Å²) in [4.78, 5) is 13.3. The molecule has 0 N–H and O–H groups in total. The van der Waals surface area contributed by atoms with E-state index in [2.05, 4.69) is 4.90 Å². The Balaban J connectivity index is 1.72. The summed E-state index contributed by atoms with van der Waals surface area (Å²) in [6.45, 7) is 4.59. The predicted molar refractivity (Wildman–Crippen MR) is 72.5 cm³/mol. The van der Waals surface area contributed by atoms with E-state index in [0.29, 0.717) is 25.0 Å². The molecule has 0 radical (unpaired) electrons. The Morgan fingerprint density at radius 3 is 2.53 bits per heavy atom. The molecule has 0 spiro atoms. The van der Waals surface area contributed by atoms with Gasteiger partial charge in [0.1, 0.15) is 18.5 Å². The monoisotopic (exact) mass is 265 g/mol. The minimum absolute atomic E-state index is 0.0562. The number of Topliss-reactive ketones (excluding diaryl/α,β-unsaturated/α-hetero) is 1. The molecule has 0 aliphatic carbocycles. The van der Waals surface area contributed by atoms with Gasteiger partial charge in [0.2, 0.25) is 0 Å². The van der Waals surface area contributed by atoms with Gasteiger partial charge in [-0.1, -0.05) is 0 Å². The molecule has 1 aliphatic rings. The second-order valence-corrected chi connectivity index (χ2v) is 4.95. The lowest BCUT2D eigenvalue weighted by atomic mass is 10.1. The van der Waals surface area contributed by atoms with Gasteiger partial charge in [-0.15, -0.1) is 0 Å². The number of carbonyl (C=O) groups excluding carboxylic acids is 1. The molecule has 104 valence electrons. The highest BCUT2D eigenvalue weighted by atomic mass is 19.1. The fourth-order valence-electron chi connectivity index (χ4n) is 2.20. The number of piperidine rings is 1. The van der Waals surface area contributed by atoms with Gasteiger partial charge in [-0.25, -0.2) is 4.39 Å². The van der Waals surface area contributed by atoms with Gasteiger partial charge in [0.05, 0.1) is 0 Å². The second-order valence-electron chi connectivity index (χ2n) is 4.95. The van der Waals surface area contributed by atoms with Crippen LogP contribution in [0.25, 0.3) is 0 Å². The van der Waals surface area contributed by atoms with Crippen molar-refractivity contribution < 1.29 is 13.9 Å². The molecule has 0 unspecified atom stereocenters. The van der Waals surface area contributed by atoms with Gasteiger partial charge in [-0.05, 0) is 44.0 Å². The molecule has 0 amide bonds. The lowest BCUT2D eigenvalue weighted by Gasteiger charge is -2.28. The SMILES string of the molecule is CC(=O)c1ccc(OCCN2CCC(F)CC2)cc1. The molecule has 1 saturated heterocycles. The number of ketones is 1. The highest BCUT2D eigenvalue weighted by Crippen LogP contribution is 2.14. The van der Waals surface area contributed by atoms with Crippen LogP contribution in [0.5, 0.6) is 5.75 Å². The zero-order valence-corrected chi connectivity index (χ0v) is 11.3. The van der Waals surface area contributed by atoms with Crippen molar-refractivity contribution in [3.05, 3.63) is 29.8 Å². The molecule has 0 atom stereocenters. The predicted octanol–water partition coefficient (Wildman–Crippen LogP) is 2.70. The minimum Gasteiger partial charge on any atom is -0.492 e. The number of rotatable bonds is 5. The van der Waals surface area contributed by atoms with E-state index in [-0.39, 0.29) is 5.78 Å². The lowest BCUT2D eigenvalue weighted by molar-refractivity contribution is 0.101. The molecule has 1 heterocycles. The van der Waals surface area contributed by atoms with Crippen LogP contribution < -0.4 is 4.74 Å². The first kappa shape index (κ1) is 14.0. The third-order valence-electron chi connectivity index (χ3n) is 3.45. The quantitative estimate of drug-likeness (QED) is 0.767. The van der Waals surface area contributed by atoms with E-state index in [9.17, 15) is 9.18 Å². The topological polar surface area (TPSA) is 29.5 Å². The second kappa shape index (κ2) is 6.66. The zero-order valence-electron chi connectivity index (χ0n) is 11.3. The molecule has 1 fully saturated rings. The summed E-state index contributed by atoms with van der Waals surface area (Å²) in [6, 6.07) is 7.16. The molecule has 2 rings (SSSR count). The third kappa shape index (κ3) is 4.31. The number of hydrogen-bond donors (Lipinski definition) is 0. The van der Waals surface area contributed by atoms with E-state index in [1.54, 1.807) is 19.1 Å². The number of benzene rings is 1. The fraction of sp³-hybridized carbons (Fsp3) is 0.533. The lowest BCUT2D eigenvalue weighted by Crippen LogP contribution is -2.37. The number of halogens is 1. The summed E-state index contributed by atoms with van der Waals surface area (Å²) in [5, 5.41) is 0. The van der Waals surface area contributed by atoms with E-state index in [1.807, 2.05) is 12.1 Å². The Bertz CT molecular complexity index is 411. The van der Waals surface area contributed by atoms with E-state index in [4.69, 9.17) is 4.74 Å². The van der Waals surface area contributed by atoms with Gasteiger partial charge in [0.25, 0.3) is 0 Å². The van der Waals surface area contributed by atoms with Crippen LogP contribution in [-0.2, 0) is 0 Å². The molecule has 1 aromatic carbocycles. The molecule has 0 bridgehead atoms. The molecule has 19 heavy (non-hydrogen) atoms. The molecule has 1 aromatic rings. The van der Waals surface area contributed by atoms with Crippen LogP contribution in [0.1, 0.15) is 30.1 Å². The maximum atomic E-state index is 13.0. The average Bonchev–Trinajstić information content (AvgIpc) is 2.41. The van der Waals surface area contributed by atoms with Crippen molar-refractivity contribution in [1.82, 2.24) is 4.90 Å². The summed E-state index contributed by atoms with van der Waals surface area (Å²) < 4.78 is 18.6. The summed E-state index contributed by atoms with van der Waals surface area (Å²) >= 11 is 0. The van der Waals surface area contributed by atoms with Crippen molar-refractivity contribution in [1.29, 1.82) is 0 Å². The molecule has 4 heteroatoms. The molecule has 3 nitrogen and oxygen atoms in total. The van der Waals surface area contributed by atoms with Crippen molar-refractivity contribution >= 4 is 5.78 Å². The number of ether oxygens (including phenoxy) is 1. The van der Waals surface area contributed by atoms with Gasteiger partial charge < -0.3 is 4.74 Å². The Hall–Kier alpha value is -1.42. The minimum atomic E-state index is -0.628. The summed E-state index contributed by atoms with van der Waals surface area (Å²) in [7, 11) is 0. The zero-order chi connectivity index (χ0) is 13.7. The largest absolute Gasteiger partial charge is 0.492 e. The van der Waals surface area contributed by atoms with Crippen LogP contribution in [0.15, 0.2) is 24.3 Å². The van der Waals surface area contributed by atoms with Crippen LogP contribution in [0.4, 0.5) is 4.39 Å². The summed E-state index contributed by atoms with van der Waals surface area (Å²) in [5.74, 6) is 0.825. The van der Waals surface area contributed by atoms with Crippen molar-refractivity contribution in [3.63, 3.8) is 0 Å². The van der Waals surface area contributed by atoms with Crippen molar-refractivity contribution in [2.45, 2.75) is 25.9 Å². The smallest absolute Gasteiger partial charge is 0.159 e. The summed E-state index contributed by atoms with van der Waals surface area (Å²) in [6.07, 6.45) is 0.636. The average molecular weight is 265 g/mol. The van der Waals surface area contributed by atoms with Crippen LogP contribution in [0, 0.1) is 0 Å². The molecule has 1 aliphatic heterocycles. The third-order valence-corrected chi connectivity index (χ3v) is 3.45.